The molecule has 0 aromatic heterocycles. The molecule has 0 spiro atoms. The highest BCUT2D eigenvalue weighted by atomic mass is 32.2. The highest BCUT2D eigenvalue weighted by Gasteiger charge is 2.13. The standard InChI is InChI=1S/C8H19NO4S/c1-8(7-13-2)9-14(11,12)6-4-3-5-10/h8-10H,3-7H2,1-2H3. The third-order valence-electron chi connectivity index (χ3n) is 1.62. The van der Waals surface area contributed by atoms with Crippen LogP contribution >= 0.6 is 0 Å². The van der Waals surface area contributed by atoms with E-state index in [0.29, 0.717) is 19.4 Å². The predicted octanol–water partition coefficient (Wildman–Crippen LogP) is -0.287. The van der Waals surface area contributed by atoms with Gasteiger partial charge in [-0.25, -0.2) is 13.1 Å². The molecule has 0 aromatic rings. The van der Waals surface area contributed by atoms with E-state index in [9.17, 15) is 8.42 Å². The number of hydrogen-bond acceptors (Lipinski definition) is 4. The number of sulfonamides is 1. The summed E-state index contributed by atoms with van der Waals surface area (Å²) in [5, 5.41) is 8.49. The van der Waals surface area contributed by atoms with E-state index in [4.69, 9.17) is 9.84 Å². The van der Waals surface area contributed by atoms with Crippen LogP contribution in [0.5, 0.6) is 0 Å². The summed E-state index contributed by atoms with van der Waals surface area (Å²) >= 11 is 0. The predicted molar refractivity (Wildman–Crippen MR) is 54.6 cm³/mol. The molecule has 0 fully saturated rings. The first kappa shape index (κ1) is 13.8. The first-order chi connectivity index (χ1) is 6.52. The van der Waals surface area contributed by atoms with Crippen LogP contribution in [0.4, 0.5) is 0 Å². The van der Waals surface area contributed by atoms with Crippen LogP contribution in [-0.4, -0.2) is 45.6 Å². The van der Waals surface area contributed by atoms with Crippen LogP contribution in [0.25, 0.3) is 0 Å². The van der Waals surface area contributed by atoms with E-state index in [-0.39, 0.29) is 18.4 Å². The molecule has 0 amide bonds. The van der Waals surface area contributed by atoms with Crippen molar-refractivity contribution >= 4 is 10.0 Å². The molecule has 0 aliphatic heterocycles. The Kier molecular flexibility index (Phi) is 7.08. The second kappa shape index (κ2) is 7.17. The summed E-state index contributed by atoms with van der Waals surface area (Å²) in [6.45, 7) is 2.13. The lowest BCUT2D eigenvalue weighted by atomic mass is 10.4. The van der Waals surface area contributed by atoms with E-state index < -0.39 is 10.0 Å². The smallest absolute Gasteiger partial charge is 0.211 e. The number of aliphatic hydroxyl groups excluding tert-OH is 1. The number of rotatable bonds is 8. The van der Waals surface area contributed by atoms with Crippen LogP contribution in [-0.2, 0) is 14.8 Å². The zero-order chi connectivity index (χ0) is 11.0. The fourth-order valence-corrected chi connectivity index (χ4v) is 2.44. The normalized spacial score (nSPS) is 14.2. The molecule has 0 heterocycles. The molecule has 14 heavy (non-hydrogen) atoms. The summed E-state index contributed by atoms with van der Waals surface area (Å²) in [5.41, 5.74) is 0. The molecule has 0 saturated carbocycles. The van der Waals surface area contributed by atoms with Gasteiger partial charge in [-0.3, -0.25) is 0 Å². The zero-order valence-corrected chi connectivity index (χ0v) is 9.51. The summed E-state index contributed by atoms with van der Waals surface area (Å²) < 4.78 is 30.0. The number of ether oxygens (including phenoxy) is 1. The van der Waals surface area contributed by atoms with Gasteiger partial charge in [-0.1, -0.05) is 0 Å². The Labute approximate surface area is 85.5 Å². The minimum Gasteiger partial charge on any atom is -0.396 e. The lowest BCUT2D eigenvalue weighted by Crippen LogP contribution is -2.37. The minimum atomic E-state index is -3.22. The third kappa shape index (κ3) is 7.25. The Balaban J connectivity index is 3.82. The lowest BCUT2D eigenvalue weighted by molar-refractivity contribution is 0.180. The van der Waals surface area contributed by atoms with E-state index in [1.54, 1.807) is 6.92 Å². The maximum atomic E-state index is 11.3. The molecule has 1 unspecified atom stereocenters. The maximum Gasteiger partial charge on any atom is 0.211 e. The Morgan fingerprint density at radius 2 is 2.07 bits per heavy atom. The van der Waals surface area contributed by atoms with E-state index in [2.05, 4.69) is 4.72 Å². The molecular formula is C8H19NO4S. The van der Waals surface area contributed by atoms with Gasteiger partial charge < -0.3 is 9.84 Å². The fourth-order valence-electron chi connectivity index (χ4n) is 1.05. The van der Waals surface area contributed by atoms with Gasteiger partial charge in [0.2, 0.25) is 10.0 Å². The van der Waals surface area contributed by atoms with Crippen LogP contribution in [0.2, 0.25) is 0 Å². The van der Waals surface area contributed by atoms with Crippen LogP contribution in [0.3, 0.4) is 0 Å². The Bertz CT molecular complexity index is 227. The number of nitrogens with one attached hydrogen (secondary N) is 1. The summed E-state index contributed by atoms with van der Waals surface area (Å²) in [6, 6.07) is -0.209. The van der Waals surface area contributed by atoms with Crippen molar-refractivity contribution in [1.82, 2.24) is 4.72 Å². The van der Waals surface area contributed by atoms with E-state index >= 15 is 0 Å². The molecule has 0 radical (unpaired) electrons. The molecule has 0 aromatic carbocycles. The Hall–Kier alpha value is -0.170. The van der Waals surface area contributed by atoms with Crippen LogP contribution in [0, 0.1) is 0 Å². The second-order valence-corrected chi connectivity index (χ2v) is 5.10. The quantitative estimate of drug-likeness (QED) is 0.557. The molecule has 86 valence electrons. The van der Waals surface area contributed by atoms with Gasteiger partial charge in [0.05, 0.1) is 12.4 Å². The van der Waals surface area contributed by atoms with Gasteiger partial charge in [-0.2, -0.15) is 0 Å². The van der Waals surface area contributed by atoms with Crippen molar-refractivity contribution in [3.63, 3.8) is 0 Å². The molecule has 1 atom stereocenters. The molecule has 6 heteroatoms. The van der Waals surface area contributed by atoms with Crippen LogP contribution in [0.1, 0.15) is 19.8 Å². The SMILES string of the molecule is COCC(C)NS(=O)(=O)CCCCO. The molecule has 0 aliphatic rings. The number of unbranched alkanes of at least 4 members (excludes halogenated alkanes) is 1. The topological polar surface area (TPSA) is 75.6 Å². The van der Waals surface area contributed by atoms with Gasteiger partial charge in [0, 0.05) is 19.8 Å². The van der Waals surface area contributed by atoms with Gasteiger partial charge in [0.25, 0.3) is 0 Å². The number of aliphatic hydroxyl groups is 1. The highest BCUT2D eigenvalue weighted by molar-refractivity contribution is 7.89. The highest BCUT2D eigenvalue weighted by Crippen LogP contribution is 1.96. The van der Waals surface area contributed by atoms with E-state index in [1.807, 2.05) is 0 Å². The molecule has 0 rings (SSSR count). The molecule has 0 bridgehead atoms. The monoisotopic (exact) mass is 225 g/mol. The first-order valence-electron chi connectivity index (χ1n) is 4.61. The van der Waals surface area contributed by atoms with Gasteiger partial charge in [-0.15, -0.1) is 0 Å². The lowest BCUT2D eigenvalue weighted by Gasteiger charge is -2.12. The van der Waals surface area contributed by atoms with Crippen LogP contribution < -0.4 is 4.72 Å². The van der Waals surface area contributed by atoms with Gasteiger partial charge >= 0.3 is 0 Å². The summed E-state index contributed by atoms with van der Waals surface area (Å²) in [5.74, 6) is 0.0572. The van der Waals surface area contributed by atoms with Crippen molar-refractivity contribution < 1.29 is 18.3 Å². The van der Waals surface area contributed by atoms with Crippen molar-refractivity contribution in [1.29, 1.82) is 0 Å². The minimum absolute atomic E-state index is 0.0309. The van der Waals surface area contributed by atoms with E-state index in [1.165, 1.54) is 7.11 Å². The van der Waals surface area contributed by atoms with Gasteiger partial charge in [-0.05, 0) is 19.8 Å². The maximum absolute atomic E-state index is 11.3. The third-order valence-corrected chi connectivity index (χ3v) is 3.21. The number of methoxy groups -OCH3 is 1. The Morgan fingerprint density at radius 3 is 2.57 bits per heavy atom. The van der Waals surface area contributed by atoms with E-state index in [0.717, 1.165) is 0 Å². The van der Waals surface area contributed by atoms with Gasteiger partial charge in [0.15, 0.2) is 0 Å². The molecule has 2 N–H and O–H groups in total. The largest absolute Gasteiger partial charge is 0.396 e. The second-order valence-electron chi connectivity index (χ2n) is 3.22. The van der Waals surface area contributed by atoms with Crippen molar-refractivity contribution in [3.8, 4) is 0 Å². The zero-order valence-electron chi connectivity index (χ0n) is 8.69. The van der Waals surface area contributed by atoms with Crippen molar-refractivity contribution in [2.75, 3.05) is 26.1 Å². The summed E-state index contributed by atoms with van der Waals surface area (Å²) in [7, 11) is -1.69. The molecular weight excluding hydrogens is 206 g/mol. The van der Waals surface area contributed by atoms with Crippen molar-refractivity contribution in [3.05, 3.63) is 0 Å². The average molecular weight is 225 g/mol. The average Bonchev–Trinajstić information content (AvgIpc) is 2.03. The molecule has 5 nitrogen and oxygen atoms in total. The van der Waals surface area contributed by atoms with Crippen molar-refractivity contribution in [2.24, 2.45) is 0 Å². The Morgan fingerprint density at radius 1 is 1.43 bits per heavy atom. The van der Waals surface area contributed by atoms with Gasteiger partial charge in [0.1, 0.15) is 0 Å². The number of hydrogen-bond donors (Lipinski definition) is 2. The molecule has 0 saturated heterocycles. The molecule has 0 aliphatic carbocycles. The summed E-state index contributed by atoms with van der Waals surface area (Å²) in [4.78, 5) is 0. The summed E-state index contributed by atoms with van der Waals surface area (Å²) in [6.07, 6.45) is 0.991. The fraction of sp³-hybridized carbons (Fsp3) is 1.00. The van der Waals surface area contributed by atoms with Crippen LogP contribution in [0.15, 0.2) is 0 Å². The van der Waals surface area contributed by atoms with Crippen molar-refractivity contribution in [2.45, 2.75) is 25.8 Å². The first-order valence-corrected chi connectivity index (χ1v) is 6.27.